The van der Waals surface area contributed by atoms with E-state index in [1.807, 2.05) is 44.2 Å². The molecule has 1 aliphatic heterocycles. The quantitative estimate of drug-likeness (QED) is 0.840. The molecule has 112 valence electrons. The monoisotopic (exact) mass is 287 g/mol. The fourth-order valence-corrected chi connectivity index (χ4v) is 3.57. The van der Waals surface area contributed by atoms with Crippen LogP contribution in [0.15, 0.2) is 30.3 Å². The third kappa shape index (κ3) is 2.48. The molecule has 1 amide bonds. The Morgan fingerprint density at radius 3 is 2.71 bits per heavy atom. The Balaban J connectivity index is 1.83. The van der Waals surface area contributed by atoms with Crippen molar-refractivity contribution in [1.29, 1.82) is 0 Å². The second kappa shape index (κ2) is 5.26. The number of rotatable bonds is 2. The first-order valence-corrected chi connectivity index (χ1v) is 7.55. The number of hydrogen-bond acceptors (Lipinski definition) is 3. The summed E-state index contributed by atoms with van der Waals surface area (Å²) < 4.78 is 0. The Hall–Kier alpha value is -1.68. The third-order valence-corrected chi connectivity index (χ3v) is 4.93. The number of amides is 1. The smallest absolute Gasteiger partial charge is 0.252 e. The number of hydrogen-bond donors (Lipinski definition) is 0. The maximum absolute atomic E-state index is 12.8. The molecule has 1 heterocycles. The van der Waals surface area contributed by atoms with Gasteiger partial charge in [-0.05, 0) is 18.9 Å². The fourth-order valence-electron chi connectivity index (χ4n) is 3.57. The maximum atomic E-state index is 12.8. The van der Waals surface area contributed by atoms with E-state index >= 15 is 0 Å². The molecule has 4 nitrogen and oxygen atoms in total. The van der Waals surface area contributed by atoms with E-state index in [0.717, 1.165) is 5.56 Å². The van der Waals surface area contributed by atoms with Gasteiger partial charge >= 0.3 is 0 Å². The number of nitrogens with zero attached hydrogens (tertiary/aromatic N) is 1. The minimum atomic E-state index is -0.472. The van der Waals surface area contributed by atoms with Crippen molar-refractivity contribution in [3.05, 3.63) is 35.9 Å². The molecule has 4 heteroatoms. The molecule has 2 fully saturated rings. The lowest BCUT2D eigenvalue weighted by Crippen LogP contribution is -2.58. The van der Waals surface area contributed by atoms with E-state index in [2.05, 4.69) is 0 Å². The van der Waals surface area contributed by atoms with Crippen LogP contribution in [-0.4, -0.2) is 22.9 Å². The van der Waals surface area contributed by atoms with Crippen molar-refractivity contribution in [2.45, 2.75) is 45.8 Å². The summed E-state index contributed by atoms with van der Waals surface area (Å²) in [5.41, 5.74) is 0.576. The van der Waals surface area contributed by atoms with Gasteiger partial charge in [-0.3, -0.25) is 14.4 Å². The van der Waals surface area contributed by atoms with Gasteiger partial charge in [0.25, 0.3) is 5.91 Å². The largest absolute Gasteiger partial charge is 0.300 e. The molecule has 0 unspecified atom stereocenters. The number of fused-ring (bicyclic) bond motifs is 1. The van der Waals surface area contributed by atoms with Crippen LogP contribution in [0.5, 0.6) is 0 Å². The van der Waals surface area contributed by atoms with Crippen LogP contribution in [0.25, 0.3) is 0 Å². The average molecular weight is 287 g/mol. The van der Waals surface area contributed by atoms with Crippen LogP contribution < -0.4 is 0 Å². The lowest BCUT2D eigenvalue weighted by molar-refractivity contribution is -0.261. The Morgan fingerprint density at radius 1 is 1.29 bits per heavy atom. The predicted molar refractivity (Wildman–Crippen MR) is 78.0 cm³/mol. The minimum absolute atomic E-state index is 0.00160. The summed E-state index contributed by atoms with van der Waals surface area (Å²) in [6, 6.07) is 9.84. The highest BCUT2D eigenvalue weighted by Crippen LogP contribution is 2.47. The SMILES string of the molecule is C[C@@H]1ON(Cc2ccccc2)C(=O)[C@@]2(C)CCC(=O)C[C@@H]12. The third-order valence-electron chi connectivity index (χ3n) is 4.93. The summed E-state index contributed by atoms with van der Waals surface area (Å²) in [6.45, 7) is 4.41. The summed E-state index contributed by atoms with van der Waals surface area (Å²) in [4.78, 5) is 30.3. The van der Waals surface area contributed by atoms with Gasteiger partial charge < -0.3 is 0 Å². The highest BCUT2D eigenvalue weighted by molar-refractivity contribution is 5.88. The van der Waals surface area contributed by atoms with E-state index in [0.29, 0.717) is 25.8 Å². The van der Waals surface area contributed by atoms with Crippen LogP contribution >= 0.6 is 0 Å². The second-order valence-electron chi connectivity index (χ2n) is 6.40. The van der Waals surface area contributed by atoms with Crippen molar-refractivity contribution in [3.8, 4) is 0 Å². The molecule has 21 heavy (non-hydrogen) atoms. The van der Waals surface area contributed by atoms with Gasteiger partial charge in [0.05, 0.1) is 18.1 Å². The Morgan fingerprint density at radius 2 is 2.00 bits per heavy atom. The van der Waals surface area contributed by atoms with E-state index < -0.39 is 5.41 Å². The first-order chi connectivity index (χ1) is 10.0. The molecule has 0 N–H and O–H groups in total. The van der Waals surface area contributed by atoms with Crippen LogP contribution in [0.3, 0.4) is 0 Å². The first kappa shape index (κ1) is 14.3. The summed E-state index contributed by atoms with van der Waals surface area (Å²) in [7, 11) is 0. The number of ketones is 1. The van der Waals surface area contributed by atoms with Gasteiger partial charge in [-0.2, -0.15) is 0 Å². The predicted octanol–water partition coefficient (Wildman–Crippen LogP) is 2.72. The van der Waals surface area contributed by atoms with E-state index in [4.69, 9.17) is 4.84 Å². The molecule has 3 atom stereocenters. The van der Waals surface area contributed by atoms with Gasteiger partial charge in [-0.1, -0.05) is 37.3 Å². The number of carbonyl (C=O) groups is 2. The van der Waals surface area contributed by atoms with Gasteiger partial charge in [-0.15, -0.1) is 0 Å². The molecule has 0 aromatic heterocycles. The highest BCUT2D eigenvalue weighted by atomic mass is 16.7. The highest BCUT2D eigenvalue weighted by Gasteiger charge is 2.53. The van der Waals surface area contributed by atoms with Crippen LogP contribution in [-0.2, 0) is 21.0 Å². The molecular weight excluding hydrogens is 266 g/mol. The van der Waals surface area contributed by atoms with Crippen LogP contribution in [0.1, 0.15) is 38.7 Å². The van der Waals surface area contributed by atoms with Gasteiger partial charge in [0, 0.05) is 18.8 Å². The molecule has 2 aliphatic rings. The number of benzene rings is 1. The van der Waals surface area contributed by atoms with Crippen molar-refractivity contribution in [1.82, 2.24) is 5.06 Å². The molecule has 0 bridgehead atoms. The average Bonchev–Trinajstić information content (AvgIpc) is 2.48. The van der Waals surface area contributed by atoms with E-state index in [1.54, 1.807) is 0 Å². The molecule has 1 saturated carbocycles. The zero-order chi connectivity index (χ0) is 15.0. The Bertz CT molecular complexity index is 556. The Kier molecular flexibility index (Phi) is 3.57. The molecule has 1 saturated heterocycles. The number of hydroxylamine groups is 2. The fraction of sp³-hybridized carbons (Fsp3) is 0.529. The van der Waals surface area contributed by atoms with Gasteiger partial charge in [-0.25, -0.2) is 5.06 Å². The molecular formula is C17H21NO3. The second-order valence-corrected chi connectivity index (χ2v) is 6.40. The standard InChI is InChI=1S/C17H21NO3/c1-12-15-10-14(19)8-9-17(15,2)16(20)18(21-12)11-13-6-4-3-5-7-13/h3-7,12,15H,8-11H2,1-2H3/t12-,15-,17-/m0/s1. The van der Waals surface area contributed by atoms with Crippen molar-refractivity contribution in [3.63, 3.8) is 0 Å². The van der Waals surface area contributed by atoms with E-state index in [1.165, 1.54) is 5.06 Å². The Labute approximate surface area is 125 Å². The summed E-state index contributed by atoms with van der Waals surface area (Å²) in [5, 5.41) is 1.49. The first-order valence-electron chi connectivity index (χ1n) is 7.55. The maximum Gasteiger partial charge on any atom is 0.252 e. The normalized spacial score (nSPS) is 33.0. The molecule has 1 aromatic carbocycles. The van der Waals surface area contributed by atoms with Crippen molar-refractivity contribution in [2.24, 2.45) is 11.3 Å². The van der Waals surface area contributed by atoms with Crippen molar-refractivity contribution in [2.75, 3.05) is 0 Å². The van der Waals surface area contributed by atoms with Gasteiger partial charge in [0.1, 0.15) is 5.78 Å². The molecule has 0 radical (unpaired) electrons. The van der Waals surface area contributed by atoms with Crippen molar-refractivity contribution < 1.29 is 14.4 Å². The molecule has 3 rings (SSSR count). The lowest BCUT2D eigenvalue weighted by atomic mass is 9.64. The molecule has 1 aromatic rings. The zero-order valence-electron chi connectivity index (χ0n) is 12.5. The minimum Gasteiger partial charge on any atom is -0.300 e. The van der Waals surface area contributed by atoms with E-state index in [-0.39, 0.29) is 23.7 Å². The van der Waals surface area contributed by atoms with Crippen LogP contribution in [0, 0.1) is 11.3 Å². The van der Waals surface area contributed by atoms with Crippen LogP contribution in [0.4, 0.5) is 0 Å². The lowest BCUT2D eigenvalue weighted by Gasteiger charge is -2.49. The topological polar surface area (TPSA) is 46.6 Å². The molecule has 1 aliphatic carbocycles. The summed E-state index contributed by atoms with van der Waals surface area (Å²) >= 11 is 0. The summed E-state index contributed by atoms with van der Waals surface area (Å²) in [6.07, 6.45) is 1.49. The van der Waals surface area contributed by atoms with Crippen LogP contribution in [0.2, 0.25) is 0 Å². The summed E-state index contributed by atoms with van der Waals surface area (Å²) in [5.74, 6) is 0.262. The zero-order valence-corrected chi connectivity index (χ0v) is 12.5. The number of carbonyl (C=O) groups excluding carboxylic acids is 2. The van der Waals surface area contributed by atoms with Crippen molar-refractivity contribution >= 4 is 11.7 Å². The van der Waals surface area contributed by atoms with Gasteiger partial charge in [0.15, 0.2) is 0 Å². The molecule has 0 spiro atoms. The van der Waals surface area contributed by atoms with E-state index in [9.17, 15) is 9.59 Å². The number of Topliss-reactive ketones (excluding diaryl/α,β-unsaturated/α-hetero) is 1. The van der Waals surface area contributed by atoms with Gasteiger partial charge in [0.2, 0.25) is 0 Å².